The number of benzene rings is 1. The summed E-state index contributed by atoms with van der Waals surface area (Å²) in [4.78, 5) is 11.5. The molecule has 0 aromatic heterocycles. The Morgan fingerprint density at radius 1 is 1.50 bits per heavy atom. The predicted octanol–water partition coefficient (Wildman–Crippen LogP) is 0.947. The van der Waals surface area contributed by atoms with Gasteiger partial charge in [-0.15, -0.1) is 0 Å². The molecule has 0 heterocycles. The zero-order valence-electron chi connectivity index (χ0n) is 9.57. The van der Waals surface area contributed by atoms with Crippen molar-refractivity contribution in [2.45, 2.75) is 13.0 Å². The van der Waals surface area contributed by atoms with Crippen molar-refractivity contribution < 1.29 is 14.6 Å². The molecule has 0 spiro atoms. The molecule has 5 nitrogen and oxygen atoms in total. The molecular weight excluding hydrogens is 208 g/mol. The molecule has 1 aromatic carbocycles. The van der Waals surface area contributed by atoms with Crippen LogP contribution in [0.5, 0.6) is 11.5 Å². The first-order valence-corrected chi connectivity index (χ1v) is 4.93. The van der Waals surface area contributed by atoms with Crippen LogP contribution >= 0.6 is 0 Å². The zero-order chi connectivity index (χ0) is 12.1. The lowest BCUT2D eigenvalue weighted by molar-refractivity contribution is -0.117. The minimum atomic E-state index is -0.318. The van der Waals surface area contributed by atoms with Gasteiger partial charge in [-0.3, -0.25) is 4.79 Å². The number of carbonyl (C=O) groups is 1. The molecule has 16 heavy (non-hydrogen) atoms. The Bertz CT molecular complexity index is 379. The number of hydrogen-bond acceptors (Lipinski definition) is 4. The van der Waals surface area contributed by atoms with Crippen LogP contribution in [0.4, 0.5) is 5.69 Å². The van der Waals surface area contributed by atoms with E-state index in [2.05, 4.69) is 10.6 Å². The summed E-state index contributed by atoms with van der Waals surface area (Å²) in [5.41, 5.74) is 0.368. The summed E-state index contributed by atoms with van der Waals surface area (Å²) >= 11 is 0. The van der Waals surface area contributed by atoms with E-state index in [9.17, 15) is 9.90 Å². The molecular formula is C11H16N2O3. The fourth-order valence-corrected chi connectivity index (χ4v) is 1.12. The number of phenolic OH excluding ortho intramolecular Hbond substituents is 1. The molecule has 0 aliphatic carbocycles. The van der Waals surface area contributed by atoms with Crippen LogP contribution in [0, 0.1) is 0 Å². The average molecular weight is 224 g/mol. The van der Waals surface area contributed by atoms with Crippen LogP contribution in [0.25, 0.3) is 0 Å². The molecule has 3 N–H and O–H groups in total. The summed E-state index contributed by atoms with van der Waals surface area (Å²) in [5, 5.41) is 15.0. The topological polar surface area (TPSA) is 70.6 Å². The van der Waals surface area contributed by atoms with E-state index in [1.165, 1.54) is 13.2 Å². The fourth-order valence-electron chi connectivity index (χ4n) is 1.12. The van der Waals surface area contributed by atoms with E-state index in [0.29, 0.717) is 11.4 Å². The van der Waals surface area contributed by atoms with Gasteiger partial charge in [0, 0.05) is 6.07 Å². The first-order valence-electron chi connectivity index (χ1n) is 4.93. The maximum absolute atomic E-state index is 11.5. The summed E-state index contributed by atoms with van der Waals surface area (Å²) in [6.45, 7) is 1.73. The molecule has 1 rings (SSSR count). The van der Waals surface area contributed by atoms with Gasteiger partial charge in [-0.25, -0.2) is 0 Å². The van der Waals surface area contributed by atoms with Crippen LogP contribution in [-0.2, 0) is 4.79 Å². The quantitative estimate of drug-likeness (QED) is 0.666. The van der Waals surface area contributed by atoms with Crippen molar-refractivity contribution >= 4 is 11.6 Å². The lowest BCUT2D eigenvalue weighted by Crippen LogP contribution is -2.35. The first kappa shape index (κ1) is 12.3. The smallest absolute Gasteiger partial charge is 0.241 e. The highest BCUT2D eigenvalue weighted by Gasteiger charge is 2.12. The molecule has 0 saturated carbocycles. The summed E-state index contributed by atoms with van der Waals surface area (Å²) in [6.07, 6.45) is 0. The van der Waals surface area contributed by atoms with Crippen molar-refractivity contribution in [1.29, 1.82) is 0 Å². The summed E-state index contributed by atoms with van der Waals surface area (Å²) in [5.74, 6) is 0.316. The molecule has 0 aliphatic heterocycles. The molecule has 5 heteroatoms. The highest BCUT2D eigenvalue weighted by molar-refractivity contribution is 5.95. The van der Waals surface area contributed by atoms with Gasteiger partial charge in [0.2, 0.25) is 5.91 Å². The lowest BCUT2D eigenvalue weighted by atomic mass is 10.2. The van der Waals surface area contributed by atoms with Crippen LogP contribution in [-0.4, -0.2) is 31.2 Å². The number of aromatic hydroxyl groups is 1. The molecule has 0 fully saturated rings. The van der Waals surface area contributed by atoms with Crippen LogP contribution in [0.2, 0.25) is 0 Å². The SMILES string of the molecule is CNC(C)C(=O)Nc1ccc(OC)cc1O. The Morgan fingerprint density at radius 3 is 2.69 bits per heavy atom. The van der Waals surface area contributed by atoms with Gasteiger partial charge >= 0.3 is 0 Å². The van der Waals surface area contributed by atoms with Crippen LogP contribution in [0.15, 0.2) is 18.2 Å². The van der Waals surface area contributed by atoms with Crippen molar-refractivity contribution in [2.75, 3.05) is 19.5 Å². The number of methoxy groups -OCH3 is 1. The third-order valence-corrected chi connectivity index (χ3v) is 2.29. The molecule has 0 bridgehead atoms. The Labute approximate surface area is 94.4 Å². The highest BCUT2D eigenvalue weighted by atomic mass is 16.5. The minimum absolute atomic E-state index is 0.0176. The second-order valence-electron chi connectivity index (χ2n) is 3.38. The van der Waals surface area contributed by atoms with E-state index in [-0.39, 0.29) is 17.7 Å². The van der Waals surface area contributed by atoms with E-state index in [1.807, 2.05) is 0 Å². The Balaban J connectivity index is 2.78. The van der Waals surface area contributed by atoms with E-state index < -0.39 is 0 Å². The molecule has 0 aliphatic rings. The maximum Gasteiger partial charge on any atom is 0.241 e. The van der Waals surface area contributed by atoms with Gasteiger partial charge in [0.1, 0.15) is 11.5 Å². The zero-order valence-corrected chi connectivity index (χ0v) is 9.57. The summed E-state index contributed by atoms with van der Waals surface area (Å²) in [6, 6.07) is 4.38. The van der Waals surface area contributed by atoms with Gasteiger partial charge in [-0.1, -0.05) is 0 Å². The third kappa shape index (κ3) is 2.87. The van der Waals surface area contributed by atoms with Gasteiger partial charge in [0.15, 0.2) is 0 Å². The van der Waals surface area contributed by atoms with Crippen molar-refractivity contribution in [2.24, 2.45) is 0 Å². The molecule has 0 radical (unpaired) electrons. The van der Waals surface area contributed by atoms with Gasteiger partial charge in [0.05, 0.1) is 18.8 Å². The van der Waals surface area contributed by atoms with Gasteiger partial charge < -0.3 is 20.5 Å². The number of amides is 1. The molecule has 1 atom stereocenters. The lowest BCUT2D eigenvalue weighted by Gasteiger charge is -2.12. The summed E-state index contributed by atoms with van der Waals surface area (Å²) < 4.78 is 4.94. The maximum atomic E-state index is 11.5. The Hall–Kier alpha value is -1.75. The minimum Gasteiger partial charge on any atom is -0.506 e. The Morgan fingerprint density at radius 2 is 2.19 bits per heavy atom. The second kappa shape index (κ2) is 5.37. The summed E-state index contributed by atoms with van der Waals surface area (Å²) in [7, 11) is 3.20. The van der Waals surface area contributed by atoms with Crippen molar-refractivity contribution in [3.05, 3.63) is 18.2 Å². The molecule has 1 amide bonds. The highest BCUT2D eigenvalue weighted by Crippen LogP contribution is 2.27. The normalized spacial score (nSPS) is 11.9. The van der Waals surface area contributed by atoms with E-state index in [4.69, 9.17) is 4.74 Å². The number of carbonyl (C=O) groups excluding carboxylic acids is 1. The van der Waals surface area contributed by atoms with Crippen molar-refractivity contribution in [3.8, 4) is 11.5 Å². The van der Waals surface area contributed by atoms with Crippen LogP contribution in [0.3, 0.4) is 0 Å². The predicted molar refractivity (Wildman–Crippen MR) is 61.8 cm³/mol. The standard InChI is InChI=1S/C11H16N2O3/c1-7(12-2)11(15)13-9-5-4-8(16-3)6-10(9)14/h4-7,12,14H,1-3H3,(H,13,15). The monoisotopic (exact) mass is 224 g/mol. The molecule has 1 aromatic rings. The van der Waals surface area contributed by atoms with Crippen molar-refractivity contribution in [1.82, 2.24) is 5.32 Å². The fraction of sp³-hybridized carbons (Fsp3) is 0.364. The number of ether oxygens (including phenoxy) is 1. The van der Waals surface area contributed by atoms with E-state index >= 15 is 0 Å². The van der Waals surface area contributed by atoms with Crippen LogP contribution < -0.4 is 15.4 Å². The van der Waals surface area contributed by atoms with Crippen molar-refractivity contribution in [3.63, 3.8) is 0 Å². The molecule has 88 valence electrons. The number of anilines is 1. The largest absolute Gasteiger partial charge is 0.506 e. The number of likely N-dealkylation sites (N-methyl/N-ethyl adjacent to an activating group) is 1. The number of phenols is 1. The number of hydrogen-bond donors (Lipinski definition) is 3. The van der Waals surface area contributed by atoms with Gasteiger partial charge in [-0.05, 0) is 26.1 Å². The van der Waals surface area contributed by atoms with Gasteiger partial charge in [0.25, 0.3) is 0 Å². The molecule has 0 saturated heterocycles. The number of nitrogens with one attached hydrogen (secondary N) is 2. The van der Waals surface area contributed by atoms with E-state index in [0.717, 1.165) is 0 Å². The third-order valence-electron chi connectivity index (χ3n) is 2.29. The van der Waals surface area contributed by atoms with E-state index in [1.54, 1.807) is 26.1 Å². The second-order valence-corrected chi connectivity index (χ2v) is 3.38. The van der Waals surface area contributed by atoms with Crippen LogP contribution in [0.1, 0.15) is 6.92 Å². The first-order chi connectivity index (χ1) is 7.58. The average Bonchev–Trinajstić information content (AvgIpc) is 2.30. The van der Waals surface area contributed by atoms with Gasteiger partial charge in [-0.2, -0.15) is 0 Å². The molecule has 1 unspecified atom stereocenters. The number of rotatable bonds is 4. The Kier molecular flexibility index (Phi) is 4.13.